The number of carbonyl (C=O) groups excluding carboxylic acids is 2. The Bertz CT molecular complexity index is 531. The van der Waals surface area contributed by atoms with Crippen LogP contribution in [0.2, 0.25) is 0 Å². The quantitative estimate of drug-likeness (QED) is 0.833. The molecule has 0 aromatic heterocycles. The molecule has 1 aromatic carbocycles. The van der Waals surface area contributed by atoms with Crippen molar-refractivity contribution in [3.8, 4) is 6.07 Å². The Kier molecular flexibility index (Phi) is 5.27. The van der Waals surface area contributed by atoms with Crippen LogP contribution >= 0.6 is 0 Å². The standard InChI is InChI=1S/C15H18N2O3/c1-4-9-15(2,14(19)20-3)17-13(18)12-7-5-11(10-16)6-8-12/h5-8H,4,9H2,1-3H3,(H,17,18). The molecule has 1 unspecified atom stereocenters. The Hall–Kier alpha value is -2.35. The Morgan fingerprint density at radius 3 is 2.40 bits per heavy atom. The number of ether oxygens (including phenoxy) is 1. The van der Waals surface area contributed by atoms with Gasteiger partial charge in [-0.25, -0.2) is 4.79 Å². The summed E-state index contributed by atoms with van der Waals surface area (Å²) in [4.78, 5) is 24.0. The van der Waals surface area contributed by atoms with Crippen molar-refractivity contribution >= 4 is 11.9 Å². The molecule has 1 amide bonds. The van der Waals surface area contributed by atoms with Gasteiger partial charge in [-0.15, -0.1) is 0 Å². The molecule has 1 aromatic rings. The van der Waals surface area contributed by atoms with E-state index in [-0.39, 0.29) is 5.91 Å². The molecule has 20 heavy (non-hydrogen) atoms. The predicted molar refractivity (Wildman–Crippen MR) is 74.0 cm³/mol. The molecule has 0 spiro atoms. The van der Waals surface area contributed by atoms with Crippen LogP contribution in [-0.2, 0) is 9.53 Å². The van der Waals surface area contributed by atoms with Gasteiger partial charge in [-0.05, 0) is 37.6 Å². The van der Waals surface area contributed by atoms with E-state index in [9.17, 15) is 9.59 Å². The minimum Gasteiger partial charge on any atom is -0.467 e. The van der Waals surface area contributed by atoms with E-state index in [0.717, 1.165) is 6.42 Å². The molecular formula is C15H18N2O3. The first-order chi connectivity index (χ1) is 9.46. The summed E-state index contributed by atoms with van der Waals surface area (Å²) in [5.74, 6) is -0.836. The molecule has 0 saturated heterocycles. The molecule has 0 heterocycles. The van der Waals surface area contributed by atoms with Gasteiger partial charge in [-0.2, -0.15) is 5.26 Å². The van der Waals surface area contributed by atoms with Crippen LogP contribution in [0, 0.1) is 11.3 Å². The summed E-state index contributed by atoms with van der Waals surface area (Å²) in [6, 6.07) is 8.21. The lowest BCUT2D eigenvalue weighted by Crippen LogP contribution is -2.52. The Morgan fingerprint density at radius 1 is 1.35 bits per heavy atom. The van der Waals surface area contributed by atoms with Gasteiger partial charge in [0.1, 0.15) is 5.54 Å². The fourth-order valence-corrected chi connectivity index (χ4v) is 1.96. The third kappa shape index (κ3) is 3.58. The van der Waals surface area contributed by atoms with Crippen LogP contribution < -0.4 is 5.32 Å². The van der Waals surface area contributed by atoms with Gasteiger partial charge in [0.2, 0.25) is 0 Å². The number of nitrogens with one attached hydrogen (secondary N) is 1. The van der Waals surface area contributed by atoms with Crippen LogP contribution in [-0.4, -0.2) is 24.5 Å². The number of benzene rings is 1. The lowest BCUT2D eigenvalue weighted by molar-refractivity contribution is -0.147. The molecule has 0 aliphatic heterocycles. The molecule has 1 N–H and O–H groups in total. The largest absolute Gasteiger partial charge is 0.467 e. The summed E-state index contributed by atoms with van der Waals surface area (Å²) in [7, 11) is 1.30. The van der Waals surface area contributed by atoms with E-state index in [0.29, 0.717) is 17.5 Å². The topological polar surface area (TPSA) is 79.2 Å². The lowest BCUT2D eigenvalue weighted by Gasteiger charge is -2.27. The van der Waals surface area contributed by atoms with Crippen molar-refractivity contribution in [2.45, 2.75) is 32.2 Å². The fraction of sp³-hybridized carbons (Fsp3) is 0.400. The average Bonchev–Trinajstić information content (AvgIpc) is 2.46. The molecular weight excluding hydrogens is 256 g/mol. The molecule has 0 saturated carbocycles. The maximum absolute atomic E-state index is 12.2. The summed E-state index contributed by atoms with van der Waals surface area (Å²) >= 11 is 0. The first kappa shape index (κ1) is 15.7. The minimum absolute atomic E-state index is 0.365. The van der Waals surface area contributed by atoms with E-state index in [2.05, 4.69) is 5.32 Å². The number of methoxy groups -OCH3 is 1. The minimum atomic E-state index is -1.05. The molecule has 0 fully saturated rings. The van der Waals surface area contributed by atoms with Crippen molar-refractivity contribution < 1.29 is 14.3 Å². The Morgan fingerprint density at radius 2 is 1.95 bits per heavy atom. The van der Waals surface area contributed by atoms with Gasteiger partial charge in [-0.3, -0.25) is 4.79 Å². The van der Waals surface area contributed by atoms with Gasteiger partial charge in [-0.1, -0.05) is 13.3 Å². The molecule has 5 nitrogen and oxygen atoms in total. The number of nitriles is 1. The van der Waals surface area contributed by atoms with E-state index in [1.807, 2.05) is 13.0 Å². The third-order valence-corrected chi connectivity index (χ3v) is 3.05. The van der Waals surface area contributed by atoms with Gasteiger partial charge in [0, 0.05) is 5.56 Å². The zero-order valence-corrected chi connectivity index (χ0v) is 11.9. The number of hydrogen-bond donors (Lipinski definition) is 1. The van der Waals surface area contributed by atoms with Gasteiger partial charge in [0.15, 0.2) is 0 Å². The van der Waals surface area contributed by atoms with E-state index < -0.39 is 11.5 Å². The van der Waals surface area contributed by atoms with E-state index >= 15 is 0 Å². The van der Waals surface area contributed by atoms with Crippen molar-refractivity contribution in [1.82, 2.24) is 5.32 Å². The van der Waals surface area contributed by atoms with Crippen molar-refractivity contribution in [2.75, 3.05) is 7.11 Å². The predicted octanol–water partition coefficient (Wildman–Crippen LogP) is 2.02. The van der Waals surface area contributed by atoms with Gasteiger partial charge in [0.05, 0.1) is 18.7 Å². The number of amides is 1. The number of rotatable bonds is 5. The van der Waals surface area contributed by atoms with Crippen LogP contribution in [0.5, 0.6) is 0 Å². The maximum Gasteiger partial charge on any atom is 0.331 e. The number of esters is 1. The average molecular weight is 274 g/mol. The summed E-state index contributed by atoms with van der Waals surface area (Å²) in [5.41, 5.74) is -0.171. The van der Waals surface area contributed by atoms with Gasteiger partial charge in [0.25, 0.3) is 5.91 Å². The number of carbonyl (C=O) groups is 2. The summed E-state index contributed by atoms with van der Waals surface area (Å²) in [6.07, 6.45) is 1.22. The van der Waals surface area contributed by atoms with Crippen LogP contribution in [0.25, 0.3) is 0 Å². The molecule has 1 atom stereocenters. The van der Waals surface area contributed by atoms with Gasteiger partial charge < -0.3 is 10.1 Å². The molecule has 0 aliphatic rings. The van der Waals surface area contributed by atoms with Crippen molar-refractivity contribution in [2.24, 2.45) is 0 Å². The normalized spacial score (nSPS) is 12.9. The van der Waals surface area contributed by atoms with E-state index in [1.165, 1.54) is 7.11 Å². The zero-order chi connectivity index (χ0) is 15.2. The maximum atomic E-state index is 12.2. The van der Waals surface area contributed by atoms with E-state index in [4.69, 9.17) is 10.00 Å². The molecule has 1 rings (SSSR count). The molecule has 5 heteroatoms. The number of hydrogen-bond acceptors (Lipinski definition) is 4. The van der Waals surface area contributed by atoms with Crippen molar-refractivity contribution in [3.63, 3.8) is 0 Å². The molecule has 0 bridgehead atoms. The highest BCUT2D eigenvalue weighted by Crippen LogP contribution is 2.15. The van der Waals surface area contributed by atoms with Crippen molar-refractivity contribution in [3.05, 3.63) is 35.4 Å². The first-order valence-corrected chi connectivity index (χ1v) is 6.38. The highest BCUT2D eigenvalue weighted by molar-refractivity contribution is 5.98. The summed E-state index contributed by atoms with van der Waals surface area (Å²) in [6.45, 7) is 3.57. The third-order valence-electron chi connectivity index (χ3n) is 3.05. The van der Waals surface area contributed by atoms with Crippen LogP contribution in [0.15, 0.2) is 24.3 Å². The SMILES string of the molecule is CCCC(C)(NC(=O)c1ccc(C#N)cc1)C(=O)OC. The summed E-state index contributed by atoms with van der Waals surface area (Å²) < 4.78 is 4.74. The Balaban J connectivity index is 2.90. The van der Waals surface area contributed by atoms with E-state index in [1.54, 1.807) is 31.2 Å². The highest BCUT2D eigenvalue weighted by Gasteiger charge is 2.35. The second kappa shape index (κ2) is 6.71. The number of nitrogens with zero attached hydrogens (tertiary/aromatic N) is 1. The lowest BCUT2D eigenvalue weighted by atomic mass is 9.95. The second-order valence-corrected chi connectivity index (χ2v) is 4.72. The second-order valence-electron chi connectivity index (χ2n) is 4.72. The highest BCUT2D eigenvalue weighted by atomic mass is 16.5. The molecule has 0 radical (unpaired) electrons. The first-order valence-electron chi connectivity index (χ1n) is 6.38. The van der Waals surface area contributed by atoms with Crippen LogP contribution in [0.4, 0.5) is 0 Å². The zero-order valence-electron chi connectivity index (χ0n) is 11.9. The monoisotopic (exact) mass is 274 g/mol. The molecule has 106 valence electrons. The molecule has 0 aliphatic carbocycles. The Labute approximate surface area is 118 Å². The van der Waals surface area contributed by atoms with Crippen molar-refractivity contribution in [1.29, 1.82) is 5.26 Å². The smallest absolute Gasteiger partial charge is 0.331 e. The van der Waals surface area contributed by atoms with Crippen LogP contribution in [0.3, 0.4) is 0 Å². The van der Waals surface area contributed by atoms with Gasteiger partial charge >= 0.3 is 5.97 Å². The fourth-order valence-electron chi connectivity index (χ4n) is 1.96. The summed E-state index contributed by atoms with van der Waals surface area (Å²) in [5, 5.41) is 11.4. The van der Waals surface area contributed by atoms with Crippen LogP contribution in [0.1, 0.15) is 42.6 Å².